The van der Waals surface area contributed by atoms with Crippen LogP contribution in [0.5, 0.6) is 0 Å². The molecule has 0 fully saturated rings. The van der Waals surface area contributed by atoms with Gasteiger partial charge in [0.1, 0.15) is 11.6 Å². The minimum absolute atomic E-state index is 0.0769. The van der Waals surface area contributed by atoms with Gasteiger partial charge in [-0.15, -0.1) is 0 Å². The smallest absolute Gasteiger partial charge is 0.344 e. The highest BCUT2D eigenvalue weighted by atomic mass is 16.6. The van der Waals surface area contributed by atoms with E-state index in [1.807, 2.05) is 30.3 Å². The summed E-state index contributed by atoms with van der Waals surface area (Å²) in [5.41, 5.74) is 0.150. The van der Waals surface area contributed by atoms with Crippen molar-refractivity contribution in [3.8, 4) is 0 Å². The van der Waals surface area contributed by atoms with Crippen LogP contribution in [0.4, 0.5) is 0 Å². The second-order valence-corrected chi connectivity index (χ2v) is 6.89. The van der Waals surface area contributed by atoms with E-state index in [0.29, 0.717) is 0 Å². The van der Waals surface area contributed by atoms with E-state index in [1.54, 1.807) is 26.8 Å². The van der Waals surface area contributed by atoms with E-state index in [0.717, 1.165) is 5.56 Å². The molecule has 27 heavy (non-hydrogen) atoms. The molecule has 0 spiro atoms. The van der Waals surface area contributed by atoms with Gasteiger partial charge in [0, 0.05) is 6.42 Å². The molecule has 1 aromatic carbocycles. The van der Waals surface area contributed by atoms with Gasteiger partial charge in [-0.3, -0.25) is 4.79 Å². The van der Waals surface area contributed by atoms with E-state index in [1.165, 1.54) is 12.3 Å². The molecular formula is C20H23NO6. The molecule has 1 amide bonds. The number of furan rings is 1. The van der Waals surface area contributed by atoms with Crippen molar-refractivity contribution in [2.45, 2.75) is 38.8 Å². The average Bonchev–Trinajstić information content (AvgIpc) is 3.13. The molecule has 0 aliphatic carbocycles. The van der Waals surface area contributed by atoms with Gasteiger partial charge in [-0.05, 0) is 38.5 Å². The minimum Gasteiger partial charge on any atom is -0.459 e. The van der Waals surface area contributed by atoms with Gasteiger partial charge in [0.05, 0.1) is 6.26 Å². The highest BCUT2D eigenvalue weighted by molar-refractivity contribution is 5.94. The first-order chi connectivity index (χ1) is 12.7. The number of hydrogen-bond donors (Lipinski definition) is 1. The Morgan fingerprint density at radius 1 is 1.07 bits per heavy atom. The summed E-state index contributed by atoms with van der Waals surface area (Å²) in [7, 11) is 0. The van der Waals surface area contributed by atoms with Gasteiger partial charge in [0.2, 0.25) is 0 Å². The summed E-state index contributed by atoms with van der Waals surface area (Å²) in [6.07, 6.45) is 1.57. The molecule has 1 atom stereocenters. The zero-order valence-electron chi connectivity index (χ0n) is 15.6. The Labute approximate surface area is 157 Å². The van der Waals surface area contributed by atoms with Gasteiger partial charge < -0.3 is 19.2 Å². The summed E-state index contributed by atoms with van der Waals surface area (Å²) in [4.78, 5) is 36.4. The van der Waals surface area contributed by atoms with Gasteiger partial charge in [0.25, 0.3) is 5.91 Å². The molecular weight excluding hydrogens is 350 g/mol. The molecule has 144 valence electrons. The fourth-order valence-electron chi connectivity index (χ4n) is 2.28. The van der Waals surface area contributed by atoms with Crippen LogP contribution in [0.1, 0.15) is 36.9 Å². The average molecular weight is 373 g/mol. The van der Waals surface area contributed by atoms with Crippen LogP contribution >= 0.6 is 0 Å². The van der Waals surface area contributed by atoms with Gasteiger partial charge in [0.15, 0.2) is 12.4 Å². The highest BCUT2D eigenvalue weighted by Crippen LogP contribution is 2.09. The number of ether oxygens (including phenoxy) is 2. The van der Waals surface area contributed by atoms with E-state index in [2.05, 4.69) is 5.32 Å². The van der Waals surface area contributed by atoms with Gasteiger partial charge in [-0.1, -0.05) is 30.3 Å². The maximum atomic E-state index is 12.4. The fraction of sp³-hybridized carbons (Fsp3) is 0.350. The van der Waals surface area contributed by atoms with Crippen molar-refractivity contribution >= 4 is 17.8 Å². The van der Waals surface area contributed by atoms with Crippen molar-refractivity contribution in [1.29, 1.82) is 0 Å². The molecule has 1 aromatic heterocycles. The zero-order valence-corrected chi connectivity index (χ0v) is 15.6. The molecule has 0 aliphatic heterocycles. The number of rotatable bonds is 7. The topological polar surface area (TPSA) is 94.8 Å². The minimum atomic E-state index is -0.979. The van der Waals surface area contributed by atoms with Crippen LogP contribution in [0.3, 0.4) is 0 Å². The van der Waals surface area contributed by atoms with E-state index < -0.39 is 36.1 Å². The number of carbonyl (C=O) groups excluding carboxylic acids is 3. The number of amides is 1. The van der Waals surface area contributed by atoms with E-state index in [-0.39, 0.29) is 12.2 Å². The molecule has 7 nitrogen and oxygen atoms in total. The van der Waals surface area contributed by atoms with Crippen LogP contribution in [-0.4, -0.2) is 36.1 Å². The third-order valence-corrected chi connectivity index (χ3v) is 3.37. The van der Waals surface area contributed by atoms with Crippen molar-refractivity contribution in [2.75, 3.05) is 6.61 Å². The molecule has 1 N–H and O–H groups in total. The molecule has 0 saturated heterocycles. The second kappa shape index (κ2) is 9.02. The first-order valence-electron chi connectivity index (χ1n) is 8.51. The van der Waals surface area contributed by atoms with Crippen LogP contribution in [0.2, 0.25) is 0 Å². The molecule has 0 bridgehead atoms. The van der Waals surface area contributed by atoms with Crippen molar-refractivity contribution in [3.05, 3.63) is 60.1 Å². The lowest BCUT2D eigenvalue weighted by molar-refractivity contribution is -0.167. The van der Waals surface area contributed by atoms with Gasteiger partial charge in [-0.25, -0.2) is 9.59 Å². The number of esters is 2. The van der Waals surface area contributed by atoms with Crippen LogP contribution in [0.15, 0.2) is 53.1 Å². The maximum Gasteiger partial charge on any atom is 0.344 e. The molecule has 2 aromatic rings. The van der Waals surface area contributed by atoms with Crippen molar-refractivity contribution in [3.63, 3.8) is 0 Å². The third kappa shape index (κ3) is 6.97. The third-order valence-electron chi connectivity index (χ3n) is 3.37. The number of nitrogens with one attached hydrogen (secondary N) is 1. The lowest BCUT2D eigenvalue weighted by atomic mass is 10.1. The Morgan fingerprint density at radius 3 is 2.37 bits per heavy atom. The van der Waals surface area contributed by atoms with Crippen LogP contribution < -0.4 is 5.32 Å². The quantitative estimate of drug-likeness (QED) is 0.750. The summed E-state index contributed by atoms with van der Waals surface area (Å²) in [5, 5.41) is 2.58. The Morgan fingerprint density at radius 2 is 1.78 bits per heavy atom. The Bertz CT molecular complexity index is 762. The molecule has 1 heterocycles. The maximum absolute atomic E-state index is 12.4. The molecule has 0 aliphatic rings. The molecule has 0 radical (unpaired) electrons. The van der Waals surface area contributed by atoms with Crippen molar-refractivity contribution in [1.82, 2.24) is 5.32 Å². The number of carbonyl (C=O) groups is 3. The fourth-order valence-corrected chi connectivity index (χ4v) is 2.28. The lowest BCUT2D eigenvalue weighted by Crippen LogP contribution is -2.44. The summed E-state index contributed by atoms with van der Waals surface area (Å²) in [5.74, 6) is -1.86. The predicted octanol–water partition coefficient (Wildman–Crippen LogP) is 2.51. The highest BCUT2D eigenvalue weighted by Gasteiger charge is 2.26. The van der Waals surface area contributed by atoms with Crippen molar-refractivity contribution < 1.29 is 28.3 Å². The SMILES string of the molecule is CC(C)(C)OC(=O)COC(=O)[C@H](Cc1ccccc1)NC(=O)c1ccco1. The number of benzene rings is 1. The van der Waals surface area contributed by atoms with Crippen LogP contribution in [0, 0.1) is 0 Å². The Balaban J connectivity index is 2.02. The summed E-state index contributed by atoms with van der Waals surface area (Å²) in [6, 6.07) is 11.2. The normalized spacial score (nSPS) is 12.1. The second-order valence-electron chi connectivity index (χ2n) is 6.89. The van der Waals surface area contributed by atoms with E-state index in [4.69, 9.17) is 13.9 Å². The first kappa shape index (κ1) is 20.2. The monoisotopic (exact) mass is 373 g/mol. The van der Waals surface area contributed by atoms with Gasteiger partial charge in [-0.2, -0.15) is 0 Å². The first-order valence-corrected chi connectivity index (χ1v) is 8.51. The molecule has 0 saturated carbocycles. The largest absolute Gasteiger partial charge is 0.459 e. The number of hydrogen-bond acceptors (Lipinski definition) is 6. The Kier molecular flexibility index (Phi) is 6.76. The van der Waals surface area contributed by atoms with Crippen LogP contribution in [-0.2, 0) is 25.5 Å². The Hall–Kier alpha value is -3.09. The standard InChI is InChI=1S/C20H23NO6/c1-20(2,3)27-17(22)13-26-19(24)15(12-14-8-5-4-6-9-14)21-18(23)16-10-7-11-25-16/h4-11,15H,12-13H2,1-3H3,(H,21,23)/t15-/m0/s1. The van der Waals surface area contributed by atoms with Gasteiger partial charge >= 0.3 is 11.9 Å². The summed E-state index contributed by atoms with van der Waals surface area (Å²) >= 11 is 0. The van der Waals surface area contributed by atoms with Crippen molar-refractivity contribution in [2.24, 2.45) is 0 Å². The van der Waals surface area contributed by atoms with E-state index in [9.17, 15) is 14.4 Å². The molecule has 7 heteroatoms. The summed E-state index contributed by atoms with van der Waals surface area (Å²) < 4.78 is 15.2. The molecule has 0 unspecified atom stereocenters. The summed E-state index contributed by atoms with van der Waals surface area (Å²) in [6.45, 7) is 4.62. The van der Waals surface area contributed by atoms with Crippen LogP contribution in [0.25, 0.3) is 0 Å². The zero-order chi connectivity index (χ0) is 19.9. The predicted molar refractivity (Wildman–Crippen MR) is 96.9 cm³/mol. The lowest BCUT2D eigenvalue weighted by Gasteiger charge is -2.20. The van der Waals surface area contributed by atoms with E-state index >= 15 is 0 Å². The molecule has 2 rings (SSSR count).